The number of hydrogen-bond donors (Lipinski definition) is 1. The number of carbonyl (C=O) groups is 1. The summed E-state index contributed by atoms with van der Waals surface area (Å²) in [7, 11) is 0. The van der Waals surface area contributed by atoms with Crippen molar-refractivity contribution in [2.75, 3.05) is 5.75 Å². The van der Waals surface area contributed by atoms with Gasteiger partial charge in [0.05, 0.1) is 11.4 Å². The Hall–Kier alpha value is -1.10. The molecule has 0 aliphatic carbocycles. The minimum Gasteiger partial charge on any atom is -0.481 e. The van der Waals surface area contributed by atoms with E-state index in [9.17, 15) is 4.79 Å². The molecule has 0 atom stereocenters. The summed E-state index contributed by atoms with van der Waals surface area (Å²) in [5.74, 6) is -0.225. The molecule has 1 rings (SSSR count). The van der Waals surface area contributed by atoms with E-state index in [1.165, 1.54) is 18.1 Å². The van der Waals surface area contributed by atoms with Crippen LogP contribution in [0.1, 0.15) is 19.0 Å². The van der Waals surface area contributed by atoms with Crippen molar-refractivity contribution in [1.82, 2.24) is 9.97 Å². The summed E-state index contributed by atoms with van der Waals surface area (Å²) in [4.78, 5) is 18.4. The van der Waals surface area contributed by atoms with Crippen molar-refractivity contribution in [3.63, 3.8) is 0 Å². The van der Waals surface area contributed by atoms with E-state index >= 15 is 0 Å². The van der Waals surface area contributed by atoms with Gasteiger partial charge in [0.1, 0.15) is 6.33 Å². The lowest BCUT2D eigenvalue weighted by atomic mass is 10.3. The van der Waals surface area contributed by atoms with Crippen LogP contribution in [-0.2, 0) is 11.2 Å². The topological polar surface area (TPSA) is 63.1 Å². The highest BCUT2D eigenvalue weighted by atomic mass is 32.2. The van der Waals surface area contributed by atoms with Crippen LogP contribution in [-0.4, -0.2) is 26.8 Å². The third kappa shape index (κ3) is 3.74. The van der Waals surface area contributed by atoms with Crippen LogP contribution in [0.3, 0.4) is 0 Å². The van der Waals surface area contributed by atoms with Gasteiger partial charge in [-0.1, -0.05) is 6.92 Å². The normalized spacial score (nSPS) is 10.1. The SMILES string of the molecule is CCc1cc(SCCC(=O)O)ncn1. The van der Waals surface area contributed by atoms with Crippen molar-refractivity contribution in [2.24, 2.45) is 0 Å². The summed E-state index contributed by atoms with van der Waals surface area (Å²) in [6.07, 6.45) is 2.55. The standard InChI is InChI=1S/C9H12N2O2S/c1-2-7-5-8(11-6-10-7)14-4-3-9(12)13/h5-6H,2-4H2,1H3,(H,12,13). The smallest absolute Gasteiger partial charge is 0.304 e. The van der Waals surface area contributed by atoms with Crippen LogP contribution in [0.5, 0.6) is 0 Å². The fourth-order valence-electron chi connectivity index (χ4n) is 0.892. The minimum atomic E-state index is -0.776. The van der Waals surface area contributed by atoms with E-state index in [4.69, 9.17) is 5.11 Å². The summed E-state index contributed by atoms with van der Waals surface area (Å²) in [5, 5.41) is 9.29. The van der Waals surface area contributed by atoms with Crippen LogP contribution < -0.4 is 0 Å². The zero-order valence-electron chi connectivity index (χ0n) is 7.93. The summed E-state index contributed by atoms with van der Waals surface area (Å²) < 4.78 is 0. The van der Waals surface area contributed by atoms with Gasteiger partial charge in [0.2, 0.25) is 0 Å². The summed E-state index contributed by atoms with van der Waals surface area (Å²) in [6.45, 7) is 2.02. The number of nitrogens with zero attached hydrogens (tertiary/aromatic N) is 2. The highest BCUT2D eigenvalue weighted by Gasteiger charge is 2.00. The minimum absolute atomic E-state index is 0.163. The van der Waals surface area contributed by atoms with E-state index in [0.29, 0.717) is 5.75 Å². The van der Waals surface area contributed by atoms with Gasteiger partial charge in [-0.15, -0.1) is 11.8 Å². The molecule has 0 unspecified atom stereocenters. The molecule has 14 heavy (non-hydrogen) atoms. The monoisotopic (exact) mass is 212 g/mol. The van der Waals surface area contributed by atoms with Crippen LogP contribution >= 0.6 is 11.8 Å². The van der Waals surface area contributed by atoms with Crippen molar-refractivity contribution in [3.05, 3.63) is 18.1 Å². The molecular formula is C9H12N2O2S. The van der Waals surface area contributed by atoms with E-state index < -0.39 is 5.97 Å². The highest BCUT2D eigenvalue weighted by Crippen LogP contribution is 2.16. The molecule has 0 fully saturated rings. The van der Waals surface area contributed by atoms with Gasteiger partial charge in [-0.05, 0) is 12.5 Å². The first-order chi connectivity index (χ1) is 6.72. The number of carboxylic acids is 1. The Morgan fingerprint density at radius 2 is 2.36 bits per heavy atom. The molecule has 0 radical (unpaired) electrons. The predicted octanol–water partition coefficient (Wildman–Crippen LogP) is 1.61. The first kappa shape index (κ1) is 11.0. The predicted molar refractivity (Wildman–Crippen MR) is 54.4 cm³/mol. The Labute approximate surface area is 86.8 Å². The van der Waals surface area contributed by atoms with Gasteiger partial charge in [0, 0.05) is 11.4 Å². The van der Waals surface area contributed by atoms with Crippen LogP contribution in [0, 0.1) is 0 Å². The molecule has 0 bridgehead atoms. The molecular weight excluding hydrogens is 200 g/mol. The van der Waals surface area contributed by atoms with E-state index in [1.54, 1.807) is 0 Å². The number of aryl methyl sites for hydroxylation is 1. The molecule has 1 heterocycles. The van der Waals surface area contributed by atoms with Gasteiger partial charge in [-0.3, -0.25) is 4.79 Å². The van der Waals surface area contributed by atoms with E-state index in [-0.39, 0.29) is 6.42 Å². The highest BCUT2D eigenvalue weighted by molar-refractivity contribution is 7.99. The van der Waals surface area contributed by atoms with Crippen molar-refractivity contribution in [2.45, 2.75) is 24.8 Å². The van der Waals surface area contributed by atoms with Crippen LogP contribution in [0.2, 0.25) is 0 Å². The van der Waals surface area contributed by atoms with Gasteiger partial charge in [-0.2, -0.15) is 0 Å². The molecule has 0 aliphatic heterocycles. The third-order valence-corrected chi connectivity index (χ3v) is 2.55. The first-order valence-corrected chi connectivity index (χ1v) is 5.36. The van der Waals surface area contributed by atoms with Crippen molar-refractivity contribution < 1.29 is 9.90 Å². The number of hydrogen-bond acceptors (Lipinski definition) is 4. The maximum atomic E-state index is 10.3. The average molecular weight is 212 g/mol. The van der Waals surface area contributed by atoms with Gasteiger partial charge in [0.25, 0.3) is 0 Å². The van der Waals surface area contributed by atoms with Gasteiger partial charge < -0.3 is 5.11 Å². The zero-order valence-corrected chi connectivity index (χ0v) is 8.75. The number of aliphatic carboxylic acids is 1. The van der Waals surface area contributed by atoms with Gasteiger partial charge in [0.15, 0.2) is 0 Å². The van der Waals surface area contributed by atoms with Gasteiger partial charge >= 0.3 is 5.97 Å². The molecule has 5 heteroatoms. The lowest BCUT2D eigenvalue weighted by molar-refractivity contribution is -0.136. The zero-order chi connectivity index (χ0) is 10.4. The van der Waals surface area contributed by atoms with Crippen LogP contribution in [0.25, 0.3) is 0 Å². The molecule has 76 valence electrons. The average Bonchev–Trinajstić information content (AvgIpc) is 2.18. The first-order valence-electron chi connectivity index (χ1n) is 4.38. The largest absolute Gasteiger partial charge is 0.481 e. The second kappa shape index (κ2) is 5.59. The molecule has 0 aromatic carbocycles. The molecule has 0 aliphatic rings. The number of carboxylic acid groups (broad SMARTS) is 1. The third-order valence-electron chi connectivity index (χ3n) is 1.63. The van der Waals surface area contributed by atoms with E-state index in [2.05, 4.69) is 9.97 Å². The Kier molecular flexibility index (Phi) is 4.39. The summed E-state index contributed by atoms with van der Waals surface area (Å²) >= 11 is 1.45. The molecule has 0 amide bonds. The summed E-state index contributed by atoms with van der Waals surface area (Å²) in [6, 6.07) is 1.90. The van der Waals surface area contributed by atoms with E-state index in [0.717, 1.165) is 17.1 Å². The van der Waals surface area contributed by atoms with Crippen molar-refractivity contribution >= 4 is 17.7 Å². The maximum Gasteiger partial charge on any atom is 0.304 e. The number of thioether (sulfide) groups is 1. The molecule has 1 N–H and O–H groups in total. The number of aromatic nitrogens is 2. The quantitative estimate of drug-likeness (QED) is 0.593. The lowest BCUT2D eigenvalue weighted by Crippen LogP contribution is -1.97. The fourth-order valence-corrected chi connectivity index (χ4v) is 1.72. The molecule has 4 nitrogen and oxygen atoms in total. The van der Waals surface area contributed by atoms with Crippen molar-refractivity contribution in [1.29, 1.82) is 0 Å². The second-order valence-electron chi connectivity index (χ2n) is 2.69. The van der Waals surface area contributed by atoms with Gasteiger partial charge in [-0.25, -0.2) is 9.97 Å². The maximum absolute atomic E-state index is 10.3. The molecule has 1 aromatic rings. The molecule has 1 aromatic heterocycles. The molecule has 0 spiro atoms. The Morgan fingerprint density at radius 3 is 3.00 bits per heavy atom. The second-order valence-corrected chi connectivity index (χ2v) is 3.81. The van der Waals surface area contributed by atoms with E-state index in [1.807, 2.05) is 13.0 Å². The Balaban J connectivity index is 2.46. The Morgan fingerprint density at radius 1 is 1.57 bits per heavy atom. The lowest BCUT2D eigenvalue weighted by Gasteiger charge is -2.00. The molecule has 0 saturated heterocycles. The summed E-state index contributed by atoms with van der Waals surface area (Å²) in [5.41, 5.74) is 0.984. The van der Waals surface area contributed by atoms with Crippen LogP contribution in [0.4, 0.5) is 0 Å². The Bertz CT molecular complexity index is 317. The fraction of sp³-hybridized carbons (Fsp3) is 0.444. The van der Waals surface area contributed by atoms with Crippen molar-refractivity contribution in [3.8, 4) is 0 Å². The van der Waals surface area contributed by atoms with Crippen LogP contribution in [0.15, 0.2) is 17.4 Å². The number of rotatable bonds is 5. The molecule has 0 saturated carbocycles.